The van der Waals surface area contributed by atoms with Crippen LogP contribution in [0.3, 0.4) is 0 Å². The van der Waals surface area contributed by atoms with Crippen molar-refractivity contribution in [1.29, 1.82) is 0 Å². The Bertz CT molecular complexity index is 619. The molecular weight excluding hydrogens is 288 g/mol. The Morgan fingerprint density at radius 3 is 2.52 bits per heavy atom. The van der Waals surface area contributed by atoms with Gasteiger partial charge >= 0.3 is 0 Å². The number of nitrogens with two attached hydrogens (primary N) is 1. The van der Waals surface area contributed by atoms with E-state index in [1.54, 1.807) is 15.9 Å². The summed E-state index contributed by atoms with van der Waals surface area (Å²) in [6.45, 7) is 9.38. The van der Waals surface area contributed by atoms with Crippen molar-refractivity contribution in [2.45, 2.75) is 63.9 Å². The Morgan fingerprint density at radius 2 is 2.00 bits per heavy atom. The zero-order valence-corrected chi connectivity index (χ0v) is 14.2. The van der Waals surface area contributed by atoms with Gasteiger partial charge in [-0.05, 0) is 53.5 Å². The smallest absolute Gasteiger partial charge is 0.247 e. The molecule has 0 atom stereocenters. The summed E-state index contributed by atoms with van der Waals surface area (Å²) >= 11 is 0. The molecule has 0 unspecified atom stereocenters. The van der Waals surface area contributed by atoms with Crippen molar-refractivity contribution in [2.75, 3.05) is 13.1 Å². The Hall–Kier alpha value is -0.920. The second kappa shape index (κ2) is 5.70. The molecule has 1 aromatic heterocycles. The quantitative estimate of drug-likeness (QED) is 0.891. The second-order valence-corrected chi connectivity index (χ2v) is 8.16. The van der Waals surface area contributed by atoms with Crippen molar-refractivity contribution >= 4 is 10.0 Å². The monoisotopic (exact) mass is 314 g/mol. The van der Waals surface area contributed by atoms with Gasteiger partial charge < -0.3 is 5.73 Å². The zero-order chi connectivity index (χ0) is 15.8. The van der Waals surface area contributed by atoms with E-state index in [1.807, 2.05) is 20.8 Å². The molecule has 6 nitrogen and oxygen atoms in total. The summed E-state index contributed by atoms with van der Waals surface area (Å²) in [5, 5.41) is 4.39. The first-order chi connectivity index (χ1) is 9.71. The third-order valence-corrected chi connectivity index (χ3v) is 6.63. The van der Waals surface area contributed by atoms with Crippen molar-refractivity contribution < 1.29 is 8.42 Å². The van der Waals surface area contributed by atoms with E-state index in [9.17, 15) is 8.42 Å². The Labute approximate surface area is 127 Å². The molecule has 0 spiro atoms. The van der Waals surface area contributed by atoms with E-state index in [0.717, 1.165) is 19.3 Å². The molecular formula is C14H26N4O2S. The van der Waals surface area contributed by atoms with Gasteiger partial charge in [-0.3, -0.25) is 4.68 Å². The predicted octanol–water partition coefficient (Wildman–Crippen LogP) is 1.41. The number of nitrogens with zero attached hydrogens (tertiary/aromatic N) is 3. The third-order valence-electron chi connectivity index (χ3n) is 4.26. The molecule has 7 heteroatoms. The lowest BCUT2D eigenvalue weighted by atomic mass is 10.0. The van der Waals surface area contributed by atoms with Crippen LogP contribution in [0.2, 0.25) is 0 Å². The minimum absolute atomic E-state index is 0.322. The maximum atomic E-state index is 13.0. The van der Waals surface area contributed by atoms with Crippen LogP contribution in [-0.4, -0.2) is 41.1 Å². The molecule has 1 fully saturated rings. The Kier molecular flexibility index (Phi) is 4.46. The maximum absolute atomic E-state index is 13.0. The molecule has 1 aromatic rings. The molecule has 0 amide bonds. The number of aryl methyl sites for hydroxylation is 2. The second-order valence-electron chi connectivity index (χ2n) is 6.36. The Morgan fingerprint density at radius 1 is 1.33 bits per heavy atom. The first-order valence-electron chi connectivity index (χ1n) is 7.49. The highest BCUT2D eigenvalue weighted by Gasteiger charge is 2.42. The normalized spacial score (nSPS) is 19.3. The van der Waals surface area contributed by atoms with E-state index >= 15 is 0 Å². The number of aromatic nitrogens is 2. The highest BCUT2D eigenvalue weighted by atomic mass is 32.2. The topological polar surface area (TPSA) is 81.2 Å². The van der Waals surface area contributed by atoms with Crippen molar-refractivity contribution in [3.63, 3.8) is 0 Å². The molecule has 1 saturated heterocycles. The van der Waals surface area contributed by atoms with Crippen molar-refractivity contribution in [3.8, 4) is 0 Å². The summed E-state index contributed by atoms with van der Waals surface area (Å²) in [7, 11) is -3.49. The van der Waals surface area contributed by atoms with Gasteiger partial charge in [-0.25, -0.2) is 8.42 Å². The van der Waals surface area contributed by atoms with Gasteiger partial charge in [-0.2, -0.15) is 9.40 Å². The molecule has 0 bridgehead atoms. The zero-order valence-electron chi connectivity index (χ0n) is 13.4. The van der Waals surface area contributed by atoms with Crippen molar-refractivity contribution in [3.05, 3.63) is 11.4 Å². The molecule has 2 N–H and O–H groups in total. The highest BCUT2D eigenvalue weighted by Crippen LogP contribution is 2.35. The van der Waals surface area contributed by atoms with E-state index < -0.39 is 10.0 Å². The fourth-order valence-electron chi connectivity index (χ4n) is 3.15. The number of hydrogen-bond acceptors (Lipinski definition) is 4. The number of hydrogen-bond donors (Lipinski definition) is 1. The van der Waals surface area contributed by atoms with Crippen LogP contribution in [-0.2, 0) is 16.6 Å². The van der Waals surface area contributed by atoms with Gasteiger partial charge in [0.1, 0.15) is 4.90 Å². The minimum atomic E-state index is -3.49. The minimum Gasteiger partial charge on any atom is -0.330 e. The summed E-state index contributed by atoms with van der Waals surface area (Å²) in [5.41, 5.74) is 6.49. The third kappa shape index (κ3) is 2.86. The van der Waals surface area contributed by atoms with E-state index in [1.165, 1.54) is 0 Å². The summed E-state index contributed by atoms with van der Waals surface area (Å²) in [4.78, 5) is 0.370. The predicted molar refractivity (Wildman–Crippen MR) is 82.6 cm³/mol. The van der Waals surface area contributed by atoms with Gasteiger partial charge in [0.25, 0.3) is 0 Å². The molecule has 21 heavy (non-hydrogen) atoms. The van der Waals surface area contributed by atoms with Gasteiger partial charge in [0.2, 0.25) is 10.0 Å². The molecule has 0 aliphatic carbocycles. The largest absolute Gasteiger partial charge is 0.330 e. The molecule has 120 valence electrons. The molecule has 2 rings (SSSR count). The van der Waals surface area contributed by atoms with Crippen LogP contribution in [0, 0.1) is 13.8 Å². The first-order valence-corrected chi connectivity index (χ1v) is 8.93. The van der Waals surface area contributed by atoms with E-state index in [2.05, 4.69) is 5.10 Å². The molecule has 2 heterocycles. The molecule has 0 saturated carbocycles. The van der Waals surface area contributed by atoms with Crippen LogP contribution >= 0.6 is 0 Å². The van der Waals surface area contributed by atoms with Gasteiger partial charge in [0.15, 0.2) is 0 Å². The molecule has 1 aliphatic rings. The number of rotatable bonds is 5. The SMILES string of the molecule is Cc1nn(CCCN)c(C)c1S(=O)(=O)N1CCCC1(C)C. The van der Waals surface area contributed by atoms with Crippen LogP contribution in [0.4, 0.5) is 0 Å². The van der Waals surface area contributed by atoms with Crippen LogP contribution in [0.5, 0.6) is 0 Å². The van der Waals surface area contributed by atoms with Crippen LogP contribution in [0.1, 0.15) is 44.5 Å². The highest BCUT2D eigenvalue weighted by molar-refractivity contribution is 7.89. The van der Waals surface area contributed by atoms with Gasteiger partial charge in [-0.1, -0.05) is 0 Å². The van der Waals surface area contributed by atoms with Crippen LogP contribution < -0.4 is 5.73 Å². The standard InChI is InChI=1S/C14H26N4O2S/c1-11-13(12(2)17(16-11)9-6-8-15)21(19,20)18-10-5-7-14(18,3)4/h5-10,15H2,1-4H3. The van der Waals surface area contributed by atoms with Crippen LogP contribution in [0.15, 0.2) is 4.90 Å². The summed E-state index contributed by atoms with van der Waals surface area (Å²) < 4.78 is 29.4. The van der Waals surface area contributed by atoms with Gasteiger partial charge in [0.05, 0.1) is 11.4 Å². The molecule has 0 aromatic carbocycles. The van der Waals surface area contributed by atoms with Crippen LogP contribution in [0.25, 0.3) is 0 Å². The fourth-order valence-corrected chi connectivity index (χ4v) is 5.38. The lowest BCUT2D eigenvalue weighted by Crippen LogP contribution is -2.42. The maximum Gasteiger partial charge on any atom is 0.247 e. The van der Waals surface area contributed by atoms with E-state index in [0.29, 0.717) is 35.9 Å². The first kappa shape index (κ1) is 16.5. The van der Waals surface area contributed by atoms with Gasteiger partial charge in [0, 0.05) is 18.6 Å². The van der Waals surface area contributed by atoms with E-state index in [-0.39, 0.29) is 5.54 Å². The molecule has 1 aliphatic heterocycles. The molecule has 0 radical (unpaired) electrons. The number of sulfonamides is 1. The van der Waals surface area contributed by atoms with Crippen molar-refractivity contribution in [2.24, 2.45) is 5.73 Å². The lowest BCUT2D eigenvalue weighted by Gasteiger charge is -2.30. The lowest BCUT2D eigenvalue weighted by molar-refractivity contribution is 0.291. The fraction of sp³-hybridized carbons (Fsp3) is 0.786. The average Bonchev–Trinajstić information content (AvgIpc) is 2.87. The van der Waals surface area contributed by atoms with Crippen molar-refractivity contribution in [1.82, 2.24) is 14.1 Å². The van der Waals surface area contributed by atoms with Gasteiger partial charge in [-0.15, -0.1) is 0 Å². The van der Waals surface area contributed by atoms with E-state index in [4.69, 9.17) is 5.73 Å². The summed E-state index contributed by atoms with van der Waals surface area (Å²) in [6.07, 6.45) is 2.59. The summed E-state index contributed by atoms with van der Waals surface area (Å²) in [6, 6.07) is 0. The average molecular weight is 314 g/mol. The Balaban J connectivity index is 2.43. The summed E-state index contributed by atoms with van der Waals surface area (Å²) in [5.74, 6) is 0.